The minimum absolute atomic E-state index is 0.0150. The summed E-state index contributed by atoms with van der Waals surface area (Å²) in [5.41, 5.74) is 10.7. The largest absolute Gasteiger partial charge is 0.380 e. The number of halogens is 1. The third-order valence-electron chi connectivity index (χ3n) is 6.14. The molecule has 1 amide bonds. The maximum absolute atomic E-state index is 14.5. The molecule has 0 saturated carbocycles. The van der Waals surface area contributed by atoms with Crippen molar-refractivity contribution in [1.29, 1.82) is 5.26 Å². The second-order valence-corrected chi connectivity index (χ2v) is 8.44. The second kappa shape index (κ2) is 9.57. The molecule has 0 spiro atoms. The number of benzene rings is 2. The number of nitriles is 1. The molecule has 2 heterocycles. The topological polar surface area (TPSA) is 84.3 Å². The smallest absolute Gasteiger partial charge is 0.270 e. The molecule has 1 aromatic heterocycles. The number of amides is 1. The Bertz CT molecular complexity index is 1210. The Morgan fingerprint density at radius 1 is 1.21 bits per heavy atom. The van der Waals surface area contributed by atoms with Gasteiger partial charge in [-0.15, -0.1) is 0 Å². The highest BCUT2D eigenvalue weighted by Gasteiger charge is 2.27. The summed E-state index contributed by atoms with van der Waals surface area (Å²) in [5.74, 6) is -0.680. The van der Waals surface area contributed by atoms with Gasteiger partial charge >= 0.3 is 0 Å². The standard InChI is InChI=1S/C26H27FN4O2/c1-30-24(26(32)31-11-3-4-21(29)15-31)13-22(19-9-10-20(14-28)23(27)12-19)25(30)18-7-5-17(6-8-18)16-33-2/h5-10,12-13,21H,3-4,11,15-16,29H2,1-2H3/t21-/m1/s1. The van der Waals surface area contributed by atoms with Crippen LogP contribution in [0.15, 0.2) is 48.5 Å². The van der Waals surface area contributed by atoms with Gasteiger partial charge in [-0.05, 0) is 47.7 Å². The molecule has 0 unspecified atom stereocenters. The molecule has 1 atom stereocenters. The van der Waals surface area contributed by atoms with E-state index in [1.54, 1.807) is 18.1 Å². The van der Waals surface area contributed by atoms with Crippen LogP contribution in [0.25, 0.3) is 22.4 Å². The fraction of sp³-hybridized carbons (Fsp3) is 0.308. The Morgan fingerprint density at radius 2 is 1.94 bits per heavy atom. The van der Waals surface area contributed by atoms with Gasteiger partial charge in [0.25, 0.3) is 5.91 Å². The molecule has 33 heavy (non-hydrogen) atoms. The van der Waals surface area contributed by atoms with Gasteiger partial charge in [-0.2, -0.15) is 5.26 Å². The van der Waals surface area contributed by atoms with E-state index in [0.717, 1.165) is 35.2 Å². The van der Waals surface area contributed by atoms with Crippen molar-refractivity contribution < 1.29 is 13.9 Å². The van der Waals surface area contributed by atoms with Gasteiger partial charge in [0, 0.05) is 38.9 Å². The molecule has 1 aliphatic heterocycles. The van der Waals surface area contributed by atoms with Gasteiger partial charge in [0.05, 0.1) is 17.9 Å². The van der Waals surface area contributed by atoms with Gasteiger partial charge in [0.2, 0.25) is 0 Å². The number of likely N-dealkylation sites (tertiary alicyclic amines) is 1. The van der Waals surface area contributed by atoms with Crippen LogP contribution in [0, 0.1) is 17.1 Å². The Hall–Kier alpha value is -3.47. The lowest BCUT2D eigenvalue weighted by Crippen LogP contribution is -2.46. The maximum atomic E-state index is 14.5. The number of hydrogen-bond donors (Lipinski definition) is 1. The highest BCUT2D eigenvalue weighted by atomic mass is 19.1. The average molecular weight is 447 g/mol. The van der Waals surface area contributed by atoms with E-state index in [1.807, 2.05) is 48.0 Å². The van der Waals surface area contributed by atoms with Crippen LogP contribution in [0.3, 0.4) is 0 Å². The molecule has 6 nitrogen and oxygen atoms in total. The lowest BCUT2D eigenvalue weighted by atomic mass is 9.99. The molecule has 0 radical (unpaired) electrons. The van der Waals surface area contributed by atoms with Gasteiger partial charge in [0.15, 0.2) is 0 Å². The van der Waals surface area contributed by atoms with Crippen LogP contribution >= 0.6 is 0 Å². The summed E-state index contributed by atoms with van der Waals surface area (Å²) in [5, 5.41) is 9.10. The number of carbonyl (C=O) groups excluding carboxylic acids is 1. The van der Waals surface area contributed by atoms with Crippen LogP contribution in [0.5, 0.6) is 0 Å². The SMILES string of the molecule is COCc1ccc(-c2c(-c3ccc(C#N)c(F)c3)cc(C(=O)N3CCC[C@@H](N)C3)n2C)cc1. The zero-order chi connectivity index (χ0) is 23.5. The number of nitrogens with zero attached hydrogens (tertiary/aromatic N) is 3. The normalized spacial score (nSPS) is 16.0. The van der Waals surface area contributed by atoms with E-state index in [1.165, 1.54) is 12.1 Å². The Morgan fingerprint density at radius 3 is 2.58 bits per heavy atom. The summed E-state index contributed by atoms with van der Waals surface area (Å²) < 4.78 is 21.5. The molecule has 2 N–H and O–H groups in total. The van der Waals surface area contributed by atoms with Crippen molar-refractivity contribution >= 4 is 5.91 Å². The van der Waals surface area contributed by atoms with Crippen LogP contribution in [0.4, 0.5) is 4.39 Å². The molecule has 1 fully saturated rings. The Kier molecular flexibility index (Phi) is 6.59. The molecule has 0 bridgehead atoms. The number of carbonyl (C=O) groups is 1. The predicted molar refractivity (Wildman–Crippen MR) is 125 cm³/mol. The van der Waals surface area contributed by atoms with E-state index in [4.69, 9.17) is 15.7 Å². The first-order chi connectivity index (χ1) is 15.9. The number of piperidine rings is 1. The predicted octanol–water partition coefficient (Wildman–Crippen LogP) is 4.08. The molecule has 1 aliphatic rings. The number of aromatic nitrogens is 1. The fourth-order valence-electron chi connectivity index (χ4n) is 4.43. The van der Waals surface area contributed by atoms with Gasteiger partial charge in [-0.25, -0.2) is 4.39 Å². The number of rotatable bonds is 5. The van der Waals surface area contributed by atoms with Crippen LogP contribution < -0.4 is 5.73 Å². The van der Waals surface area contributed by atoms with Crippen LogP contribution in [-0.4, -0.2) is 41.6 Å². The molecule has 3 aromatic rings. The summed E-state index contributed by atoms with van der Waals surface area (Å²) in [6.45, 7) is 1.69. The maximum Gasteiger partial charge on any atom is 0.270 e. The molecule has 0 aliphatic carbocycles. The average Bonchev–Trinajstić information content (AvgIpc) is 3.16. The third kappa shape index (κ3) is 4.54. The van der Waals surface area contributed by atoms with Crippen LogP contribution in [0.2, 0.25) is 0 Å². The van der Waals surface area contributed by atoms with Crippen molar-refractivity contribution in [2.45, 2.75) is 25.5 Å². The molecular weight excluding hydrogens is 419 g/mol. The summed E-state index contributed by atoms with van der Waals surface area (Å²) in [4.78, 5) is 15.2. The molecular formula is C26H27FN4O2. The second-order valence-electron chi connectivity index (χ2n) is 8.44. The van der Waals surface area contributed by atoms with E-state index in [2.05, 4.69) is 0 Å². The number of ether oxygens (including phenoxy) is 1. The van der Waals surface area contributed by atoms with E-state index < -0.39 is 5.82 Å². The van der Waals surface area contributed by atoms with Gasteiger partial charge in [0.1, 0.15) is 17.6 Å². The van der Waals surface area contributed by atoms with Gasteiger partial charge in [-0.1, -0.05) is 30.3 Å². The quantitative estimate of drug-likeness (QED) is 0.640. The van der Waals surface area contributed by atoms with Crippen molar-refractivity contribution in [2.24, 2.45) is 12.8 Å². The molecule has 1 saturated heterocycles. The van der Waals surface area contributed by atoms with E-state index in [9.17, 15) is 9.18 Å². The van der Waals surface area contributed by atoms with Crippen LogP contribution in [0.1, 0.15) is 34.5 Å². The van der Waals surface area contributed by atoms with Crippen molar-refractivity contribution in [3.8, 4) is 28.5 Å². The summed E-state index contributed by atoms with van der Waals surface area (Å²) in [6.07, 6.45) is 1.78. The summed E-state index contributed by atoms with van der Waals surface area (Å²) in [7, 11) is 3.49. The Labute approximate surface area is 193 Å². The monoisotopic (exact) mass is 446 g/mol. The molecule has 4 rings (SSSR count). The number of hydrogen-bond acceptors (Lipinski definition) is 4. The van der Waals surface area contributed by atoms with Crippen molar-refractivity contribution in [3.05, 3.63) is 71.2 Å². The Balaban J connectivity index is 1.83. The first-order valence-corrected chi connectivity index (χ1v) is 11.0. The zero-order valence-electron chi connectivity index (χ0n) is 18.8. The van der Waals surface area contributed by atoms with Crippen molar-refractivity contribution in [1.82, 2.24) is 9.47 Å². The van der Waals surface area contributed by atoms with Gasteiger partial charge < -0.3 is 19.9 Å². The zero-order valence-corrected chi connectivity index (χ0v) is 18.8. The lowest BCUT2D eigenvalue weighted by Gasteiger charge is -2.30. The van der Waals surface area contributed by atoms with E-state index in [-0.39, 0.29) is 17.5 Å². The molecule has 170 valence electrons. The minimum atomic E-state index is -0.588. The fourth-order valence-corrected chi connectivity index (χ4v) is 4.43. The van der Waals surface area contributed by atoms with E-state index >= 15 is 0 Å². The molecule has 2 aromatic carbocycles. The van der Waals surface area contributed by atoms with Crippen molar-refractivity contribution in [3.63, 3.8) is 0 Å². The summed E-state index contributed by atoms with van der Waals surface area (Å²) >= 11 is 0. The van der Waals surface area contributed by atoms with Gasteiger partial charge in [-0.3, -0.25) is 4.79 Å². The lowest BCUT2D eigenvalue weighted by molar-refractivity contribution is 0.0699. The third-order valence-corrected chi connectivity index (χ3v) is 6.14. The first kappa shape index (κ1) is 22.7. The van der Waals surface area contributed by atoms with Crippen LogP contribution in [-0.2, 0) is 18.4 Å². The minimum Gasteiger partial charge on any atom is -0.380 e. The number of nitrogens with two attached hydrogens (primary N) is 1. The summed E-state index contributed by atoms with van der Waals surface area (Å²) in [6, 6.07) is 16.1. The first-order valence-electron chi connectivity index (χ1n) is 11.0. The van der Waals surface area contributed by atoms with E-state index in [0.29, 0.717) is 31.0 Å². The molecule has 7 heteroatoms. The highest BCUT2D eigenvalue weighted by Crippen LogP contribution is 2.36. The highest BCUT2D eigenvalue weighted by molar-refractivity contribution is 5.98. The number of methoxy groups -OCH3 is 1. The van der Waals surface area contributed by atoms with Crippen molar-refractivity contribution in [2.75, 3.05) is 20.2 Å².